The maximum Gasteiger partial charge on any atom is -0.00258 e. The summed E-state index contributed by atoms with van der Waals surface area (Å²) in [6, 6.07) is 29.5. The number of hydrogen-bond donors (Lipinski definition) is 0. The highest BCUT2D eigenvalue weighted by atomic mass is 14.0. The molecule has 0 saturated heterocycles. The first-order valence-electron chi connectivity index (χ1n) is 13.8. The van der Waals surface area contributed by atoms with Crippen LogP contribution in [0.2, 0.25) is 0 Å². The van der Waals surface area contributed by atoms with Crippen LogP contribution in [-0.4, -0.2) is 0 Å². The Labute approximate surface area is 253 Å². The average Bonchev–Trinajstić information content (AvgIpc) is 2.94. The maximum atomic E-state index is 2.20. The fourth-order valence-electron chi connectivity index (χ4n) is 2.03. The Morgan fingerprint density at radius 1 is 0.359 bits per heavy atom. The van der Waals surface area contributed by atoms with E-state index in [0.29, 0.717) is 0 Å². The van der Waals surface area contributed by atoms with Crippen LogP contribution in [0.1, 0.15) is 149 Å². The van der Waals surface area contributed by atoms with Crippen molar-refractivity contribution in [2.24, 2.45) is 0 Å². The van der Waals surface area contributed by atoms with Gasteiger partial charge in [-0.1, -0.05) is 223 Å². The second kappa shape index (κ2) is 65.1. The van der Waals surface area contributed by atoms with Crippen molar-refractivity contribution in [3.8, 4) is 0 Å². The minimum Gasteiger partial charge on any atom is -0.0776 e. The number of rotatable bonds is 2. The molecule has 3 rings (SSSR count). The normalized spacial score (nSPS) is 6.41. The highest BCUT2D eigenvalue weighted by molar-refractivity contribution is 5.29. The lowest BCUT2D eigenvalue weighted by atomic mass is 10.0. The molecule has 3 aromatic carbocycles. The molecule has 0 aliphatic heterocycles. The lowest BCUT2D eigenvalue weighted by Gasteiger charge is -2.03. The Morgan fingerprint density at radius 2 is 0.513 bits per heavy atom. The highest BCUT2D eigenvalue weighted by Gasteiger charge is 1.95. The van der Waals surface area contributed by atoms with E-state index >= 15 is 0 Å². The van der Waals surface area contributed by atoms with E-state index in [4.69, 9.17) is 0 Å². The first-order valence-corrected chi connectivity index (χ1v) is 13.8. The fourth-order valence-corrected chi connectivity index (χ4v) is 2.03. The van der Waals surface area contributed by atoms with Crippen molar-refractivity contribution >= 4 is 0 Å². The molecule has 236 valence electrons. The summed E-state index contributed by atoms with van der Waals surface area (Å²) in [5, 5.41) is 0. The van der Waals surface area contributed by atoms with Crippen LogP contribution in [0, 0.1) is 13.8 Å². The summed E-state index contributed by atoms with van der Waals surface area (Å²) >= 11 is 0. The van der Waals surface area contributed by atoms with Crippen LogP contribution < -0.4 is 0 Å². The minimum atomic E-state index is 0. The van der Waals surface area contributed by atoms with Crippen molar-refractivity contribution in [3.05, 3.63) is 107 Å². The van der Waals surface area contributed by atoms with Crippen molar-refractivity contribution in [3.63, 3.8) is 0 Å². The average molecular weight is 549 g/mol. The van der Waals surface area contributed by atoms with Gasteiger partial charge in [-0.25, -0.2) is 0 Å². The summed E-state index contributed by atoms with van der Waals surface area (Å²) < 4.78 is 0. The van der Waals surface area contributed by atoms with Crippen molar-refractivity contribution in [2.45, 2.75) is 147 Å². The van der Waals surface area contributed by atoms with Gasteiger partial charge in [0.05, 0.1) is 0 Å². The molecule has 0 atom stereocenters. The predicted octanol–water partition coefficient (Wildman–Crippen LogP) is 15.3. The van der Waals surface area contributed by atoms with Gasteiger partial charge in [-0.05, 0) is 31.4 Å². The van der Waals surface area contributed by atoms with Gasteiger partial charge in [0.1, 0.15) is 0 Å². The van der Waals surface area contributed by atoms with Crippen molar-refractivity contribution < 1.29 is 0 Å². The lowest BCUT2D eigenvalue weighted by Crippen LogP contribution is -1.88. The molecule has 0 aromatic heterocycles. The van der Waals surface area contributed by atoms with E-state index in [-0.39, 0.29) is 37.1 Å². The molecule has 0 radical (unpaired) electrons. The van der Waals surface area contributed by atoms with Crippen LogP contribution in [0.15, 0.2) is 84.9 Å². The van der Waals surface area contributed by atoms with Crippen LogP contribution in [-0.2, 0) is 6.42 Å². The number of aryl methyl sites for hydroxylation is 2. The minimum absolute atomic E-state index is 0. The van der Waals surface area contributed by atoms with Crippen LogP contribution in [0.4, 0.5) is 0 Å². The van der Waals surface area contributed by atoms with Crippen molar-refractivity contribution in [1.82, 2.24) is 0 Å². The molecular formula is C39H80. The Kier molecular flexibility index (Phi) is 109. The zero-order chi connectivity index (χ0) is 27.6. The SMILES string of the molecule is C.C.C.C.C.CC.CC.CC.CC.CC.CCC.Cc1ccc(Cc2ccc(C)cc2)cc1.c1ccccc1. The summed E-state index contributed by atoms with van der Waals surface area (Å²) in [6.45, 7) is 28.5. The molecule has 0 aliphatic carbocycles. The quantitative estimate of drug-likeness (QED) is 0.299. The molecular weight excluding hydrogens is 468 g/mol. The van der Waals surface area contributed by atoms with Gasteiger partial charge in [-0.2, -0.15) is 0 Å². The summed E-state index contributed by atoms with van der Waals surface area (Å²) in [5.41, 5.74) is 5.40. The number of benzene rings is 3. The Hall–Kier alpha value is -2.34. The second-order valence-electron chi connectivity index (χ2n) is 6.01. The Balaban J connectivity index is -0.0000000377. The van der Waals surface area contributed by atoms with E-state index in [1.54, 1.807) is 0 Å². The predicted molar refractivity (Wildman–Crippen MR) is 198 cm³/mol. The van der Waals surface area contributed by atoms with Gasteiger partial charge in [0.15, 0.2) is 0 Å². The third-order valence-corrected chi connectivity index (χ3v) is 3.32. The largest absolute Gasteiger partial charge is 0.0776 e. The van der Waals surface area contributed by atoms with Gasteiger partial charge < -0.3 is 0 Å². The summed E-state index contributed by atoms with van der Waals surface area (Å²) in [4.78, 5) is 0. The molecule has 0 heterocycles. The molecule has 3 aromatic rings. The van der Waals surface area contributed by atoms with E-state index in [1.807, 2.05) is 106 Å². The van der Waals surface area contributed by atoms with E-state index in [1.165, 1.54) is 28.7 Å². The molecule has 0 saturated carbocycles. The smallest absolute Gasteiger partial charge is 0.00258 e. The van der Waals surface area contributed by atoms with Crippen molar-refractivity contribution in [1.29, 1.82) is 0 Å². The van der Waals surface area contributed by atoms with Crippen LogP contribution in [0.3, 0.4) is 0 Å². The molecule has 39 heavy (non-hydrogen) atoms. The fraction of sp³-hybridized carbons (Fsp3) is 0.538. The van der Waals surface area contributed by atoms with Crippen LogP contribution in [0.25, 0.3) is 0 Å². The van der Waals surface area contributed by atoms with Gasteiger partial charge in [-0.3, -0.25) is 0 Å². The maximum absolute atomic E-state index is 2.20. The Morgan fingerprint density at radius 3 is 0.667 bits per heavy atom. The third kappa shape index (κ3) is 52.8. The first kappa shape index (κ1) is 65.6. The summed E-state index contributed by atoms with van der Waals surface area (Å²) in [7, 11) is 0. The van der Waals surface area contributed by atoms with Gasteiger partial charge in [0, 0.05) is 0 Å². The molecule has 0 bridgehead atoms. The van der Waals surface area contributed by atoms with Crippen LogP contribution >= 0.6 is 0 Å². The highest BCUT2D eigenvalue weighted by Crippen LogP contribution is 2.11. The van der Waals surface area contributed by atoms with Gasteiger partial charge in [0.25, 0.3) is 0 Å². The molecule has 0 N–H and O–H groups in total. The molecule has 0 aliphatic rings. The monoisotopic (exact) mass is 549 g/mol. The molecule has 0 heteroatoms. The molecule has 0 amide bonds. The summed E-state index contributed by atoms with van der Waals surface area (Å²) in [5.74, 6) is 0. The first-order chi connectivity index (χ1) is 16.7. The zero-order valence-corrected chi connectivity index (χ0v) is 25.5. The van der Waals surface area contributed by atoms with E-state index in [0.717, 1.165) is 6.42 Å². The van der Waals surface area contributed by atoms with Crippen LogP contribution in [0.5, 0.6) is 0 Å². The Bertz CT molecular complexity index is 564. The topological polar surface area (TPSA) is 0 Å². The van der Waals surface area contributed by atoms with Crippen molar-refractivity contribution in [2.75, 3.05) is 0 Å². The van der Waals surface area contributed by atoms with Gasteiger partial charge >= 0.3 is 0 Å². The molecule has 0 nitrogen and oxygen atoms in total. The molecule has 0 fully saturated rings. The van der Waals surface area contributed by atoms with E-state index < -0.39 is 0 Å². The zero-order valence-electron chi connectivity index (χ0n) is 25.5. The third-order valence-electron chi connectivity index (χ3n) is 3.32. The molecule has 0 spiro atoms. The van der Waals surface area contributed by atoms with Gasteiger partial charge in [-0.15, -0.1) is 0 Å². The lowest BCUT2D eigenvalue weighted by molar-refractivity contribution is 1.09. The molecule has 0 unspecified atom stereocenters. The van der Waals surface area contributed by atoms with E-state index in [9.17, 15) is 0 Å². The van der Waals surface area contributed by atoms with E-state index in [2.05, 4.69) is 76.2 Å². The number of hydrogen-bond acceptors (Lipinski definition) is 0. The van der Waals surface area contributed by atoms with Gasteiger partial charge in [0.2, 0.25) is 0 Å². The standard InChI is InChI=1S/C15H16.C6H6.C3H8.5C2H6.5CH4/c1-12-3-7-14(8-4-12)11-15-9-5-13(2)6-10-15;1-2-4-6-5-3-1;1-3-2;5*1-2;;;;;/h3-10H,11H2,1-2H3;1-6H;3H2,1-2H3;5*1-2H3;5*1H4. The summed E-state index contributed by atoms with van der Waals surface area (Å²) in [6.07, 6.45) is 2.28. The second-order valence-corrected chi connectivity index (χ2v) is 6.01.